The largest absolute Gasteiger partial charge is 0.318 e. The Morgan fingerprint density at radius 3 is 1.14 bits per heavy atom. The summed E-state index contributed by atoms with van der Waals surface area (Å²) in [6.07, 6.45) is 13.8. The molecule has 4 heteroatoms. The van der Waals surface area contributed by atoms with Crippen molar-refractivity contribution >= 4 is 39.0 Å². The quantitative estimate of drug-likeness (QED) is 0.109. The van der Waals surface area contributed by atoms with Gasteiger partial charge >= 0.3 is 70.2 Å². The Morgan fingerprint density at radius 2 is 0.810 bits per heavy atom. The van der Waals surface area contributed by atoms with E-state index in [4.69, 9.17) is 0 Å². The van der Waals surface area contributed by atoms with Crippen LogP contribution in [-0.2, 0) is 31.2 Å². The van der Waals surface area contributed by atoms with Gasteiger partial charge in [0.1, 0.15) is 0 Å². The van der Waals surface area contributed by atoms with Crippen LogP contribution < -0.4 is 0 Å². The molecule has 4 bridgehead atoms. The maximum Gasteiger partial charge on any atom is -0.0175 e. The van der Waals surface area contributed by atoms with Gasteiger partial charge in [0, 0.05) is 0 Å². The van der Waals surface area contributed by atoms with Gasteiger partial charge in [-0.1, -0.05) is 171 Å². The molecule has 0 heterocycles. The number of benzene rings is 4. The van der Waals surface area contributed by atoms with Gasteiger partial charge in [-0.25, -0.2) is 0 Å². The summed E-state index contributed by atoms with van der Waals surface area (Å²) in [7, 11) is 0. The van der Waals surface area contributed by atoms with Crippen molar-refractivity contribution < 1.29 is 31.2 Å². The zero-order chi connectivity index (χ0) is 29.3. The molecule has 4 aliphatic carbocycles. The van der Waals surface area contributed by atoms with Crippen molar-refractivity contribution in [1.29, 1.82) is 0 Å². The predicted octanol–water partition coefficient (Wildman–Crippen LogP) is 11.9. The SMILES string of the molecule is [Pd+][I].[Pd+][I].c1ccc(-c2ccccc2[C@H]2[CH-][C@@H]3CC[C@H]2C3)cc1.c1ccc(-c2ccccc2[C@H]2[CH-][C@@H]3CC[C@H]2C3)cc1. The summed E-state index contributed by atoms with van der Waals surface area (Å²) in [6, 6.07) is 39.6. The average molecular weight is 961 g/mol. The first kappa shape index (κ1) is 33.0. The number of halogens is 2. The second-order valence-electron chi connectivity index (χ2n) is 12.0. The Bertz CT molecular complexity index is 1270. The van der Waals surface area contributed by atoms with Crippen molar-refractivity contribution in [2.45, 2.75) is 50.4 Å². The van der Waals surface area contributed by atoms with E-state index in [9.17, 15) is 0 Å². The fourth-order valence-electron chi connectivity index (χ4n) is 8.06. The number of fused-ring (bicyclic) bond motifs is 4. The fraction of sp³-hybridized carbons (Fsp3) is 0.316. The van der Waals surface area contributed by atoms with E-state index in [1.807, 2.05) is 39.0 Å². The summed E-state index contributed by atoms with van der Waals surface area (Å²) >= 11 is 9.44. The predicted molar refractivity (Wildman–Crippen MR) is 188 cm³/mol. The normalized spacial score (nSPS) is 26.3. The van der Waals surface area contributed by atoms with Gasteiger partial charge in [-0.3, -0.25) is 0 Å². The van der Waals surface area contributed by atoms with Crippen LogP contribution in [0.25, 0.3) is 22.3 Å². The maximum absolute atomic E-state index is 2.72. The van der Waals surface area contributed by atoms with E-state index in [1.165, 1.54) is 60.8 Å². The molecule has 0 aliphatic heterocycles. The van der Waals surface area contributed by atoms with Crippen molar-refractivity contribution in [2.75, 3.05) is 0 Å². The summed E-state index contributed by atoms with van der Waals surface area (Å²) in [6.45, 7) is 0. The van der Waals surface area contributed by atoms with Crippen LogP contribution in [0.4, 0.5) is 0 Å². The van der Waals surface area contributed by atoms with Gasteiger partial charge in [0.15, 0.2) is 0 Å². The van der Waals surface area contributed by atoms with Crippen LogP contribution in [0.3, 0.4) is 0 Å². The second-order valence-corrected chi connectivity index (χ2v) is 12.0. The Hall–Kier alpha value is -0.335. The average Bonchev–Trinajstić information content (AvgIpc) is 3.92. The minimum Gasteiger partial charge on any atom is -0.318 e. The van der Waals surface area contributed by atoms with Crippen LogP contribution in [0, 0.1) is 36.5 Å². The molecule has 4 aromatic carbocycles. The van der Waals surface area contributed by atoms with Crippen molar-refractivity contribution in [3.63, 3.8) is 0 Å². The van der Waals surface area contributed by atoms with Gasteiger partial charge in [-0.2, -0.15) is 11.8 Å². The molecular weight excluding hydrogens is 923 g/mol. The van der Waals surface area contributed by atoms with E-state index in [1.54, 1.807) is 11.1 Å². The zero-order valence-corrected chi connectivity index (χ0v) is 31.1. The topological polar surface area (TPSA) is 0 Å². The molecule has 0 N–H and O–H groups in total. The first-order chi connectivity index (χ1) is 20.8. The summed E-state index contributed by atoms with van der Waals surface area (Å²) in [5.41, 5.74) is 8.65. The van der Waals surface area contributed by atoms with Crippen LogP contribution in [0.2, 0.25) is 0 Å². The van der Waals surface area contributed by atoms with E-state index in [0.29, 0.717) is 11.8 Å². The van der Waals surface area contributed by atoms with Crippen molar-refractivity contribution in [1.82, 2.24) is 0 Å². The van der Waals surface area contributed by atoms with E-state index < -0.39 is 0 Å². The van der Waals surface area contributed by atoms with E-state index in [2.05, 4.69) is 153 Å². The molecule has 0 amide bonds. The second kappa shape index (κ2) is 16.8. The Morgan fingerprint density at radius 1 is 0.452 bits per heavy atom. The molecule has 4 fully saturated rings. The Balaban J connectivity index is 0.000000150. The third-order valence-electron chi connectivity index (χ3n) is 9.81. The Kier molecular flexibility index (Phi) is 13.2. The molecular formula is C38H38I2Pd2. The molecule has 224 valence electrons. The summed E-state index contributed by atoms with van der Waals surface area (Å²) in [5, 5.41) is 0. The summed E-state index contributed by atoms with van der Waals surface area (Å²) in [5.74, 6) is 4.95. The first-order valence-electron chi connectivity index (χ1n) is 15.1. The third kappa shape index (κ3) is 7.72. The van der Waals surface area contributed by atoms with E-state index >= 15 is 0 Å². The van der Waals surface area contributed by atoms with E-state index in [-0.39, 0.29) is 0 Å². The molecule has 4 saturated carbocycles. The fourth-order valence-corrected chi connectivity index (χ4v) is 8.06. The Labute approximate surface area is 296 Å². The molecule has 0 saturated heterocycles. The molecule has 0 nitrogen and oxygen atoms in total. The van der Waals surface area contributed by atoms with Gasteiger partial charge in [0.05, 0.1) is 0 Å². The van der Waals surface area contributed by atoms with Crippen LogP contribution in [-0.4, -0.2) is 0 Å². The standard InChI is InChI=1S/2C19H19.2HI.2Pd/c2*1-2-6-15(7-3-1)17-8-4-5-9-18(17)19-13-14-10-11-16(19)12-14;;;;/h2*1-9,13-14,16,19H,10-12H2;2*1H;;/q2*-1;;;2*+2/p-2/t2*14-,16+,19+;;;;/m11..../s1. The number of hydrogen-bond donors (Lipinski definition) is 0. The minimum atomic E-state index is 0.690. The molecule has 6 atom stereocenters. The third-order valence-corrected chi connectivity index (χ3v) is 9.81. The van der Waals surface area contributed by atoms with Crippen molar-refractivity contribution in [2.24, 2.45) is 23.7 Å². The van der Waals surface area contributed by atoms with Crippen molar-refractivity contribution in [3.05, 3.63) is 133 Å². The van der Waals surface area contributed by atoms with Gasteiger partial charge in [-0.05, 0) is 22.3 Å². The van der Waals surface area contributed by atoms with Crippen LogP contribution >= 0.6 is 39.0 Å². The number of hydrogen-bond acceptors (Lipinski definition) is 0. The molecule has 0 unspecified atom stereocenters. The van der Waals surface area contributed by atoms with E-state index in [0.717, 1.165) is 23.7 Å². The molecule has 42 heavy (non-hydrogen) atoms. The monoisotopic (exact) mass is 960 g/mol. The maximum atomic E-state index is 2.72. The van der Waals surface area contributed by atoms with Gasteiger partial charge < -0.3 is 12.8 Å². The van der Waals surface area contributed by atoms with Crippen LogP contribution in [0.5, 0.6) is 0 Å². The minimum absolute atomic E-state index is 0.690. The molecule has 0 aromatic heterocycles. The summed E-state index contributed by atoms with van der Waals surface area (Å²) < 4.78 is 0. The van der Waals surface area contributed by atoms with Gasteiger partial charge in [0.25, 0.3) is 0 Å². The first-order valence-corrected chi connectivity index (χ1v) is 24.3. The van der Waals surface area contributed by atoms with Crippen molar-refractivity contribution in [3.8, 4) is 22.3 Å². The zero-order valence-electron chi connectivity index (χ0n) is 23.6. The smallest absolute Gasteiger partial charge is 0.0175 e. The molecule has 0 spiro atoms. The molecule has 8 rings (SSSR count). The van der Waals surface area contributed by atoms with Gasteiger partial charge in [0.2, 0.25) is 0 Å². The van der Waals surface area contributed by atoms with Gasteiger partial charge in [-0.15, -0.1) is 11.8 Å². The van der Waals surface area contributed by atoms with Crippen LogP contribution in [0.1, 0.15) is 61.5 Å². The summed E-state index contributed by atoms with van der Waals surface area (Å²) in [4.78, 5) is 0. The van der Waals surface area contributed by atoms with Crippen LogP contribution in [0.15, 0.2) is 109 Å². The molecule has 0 radical (unpaired) electrons. The molecule has 4 aromatic rings. The molecule has 4 aliphatic rings. The number of rotatable bonds is 4.